The maximum atomic E-state index is 11.3. The summed E-state index contributed by atoms with van der Waals surface area (Å²) in [7, 11) is 0. The third kappa shape index (κ3) is 3.05. The number of hydrogen-bond acceptors (Lipinski definition) is 3. The second-order valence-electron chi connectivity index (χ2n) is 5.67. The van der Waals surface area contributed by atoms with Crippen LogP contribution in [0.3, 0.4) is 0 Å². The first-order valence-corrected chi connectivity index (χ1v) is 6.63. The van der Waals surface area contributed by atoms with Crippen molar-refractivity contribution in [3.63, 3.8) is 0 Å². The predicted molar refractivity (Wildman–Crippen MR) is 65.5 cm³/mol. The Labute approximate surface area is 98.8 Å². The number of hydrogen-bond donors (Lipinski definition) is 0. The van der Waals surface area contributed by atoms with Gasteiger partial charge in [0.25, 0.3) is 0 Å². The van der Waals surface area contributed by atoms with Gasteiger partial charge < -0.3 is 4.90 Å². The van der Waals surface area contributed by atoms with Gasteiger partial charge in [-0.1, -0.05) is 13.8 Å². The van der Waals surface area contributed by atoms with Gasteiger partial charge in [0.05, 0.1) is 0 Å². The second-order valence-corrected chi connectivity index (χ2v) is 5.67. The molecule has 1 unspecified atom stereocenters. The molecular weight excluding hydrogens is 200 g/mol. The van der Waals surface area contributed by atoms with E-state index in [1.54, 1.807) is 0 Å². The van der Waals surface area contributed by atoms with Crippen LogP contribution in [0.5, 0.6) is 0 Å². The molecule has 1 aliphatic heterocycles. The number of ketones is 1. The van der Waals surface area contributed by atoms with Crippen LogP contribution in [-0.4, -0.2) is 54.3 Å². The Bertz CT molecular complexity index is 244. The lowest BCUT2D eigenvalue weighted by Gasteiger charge is -2.38. The van der Waals surface area contributed by atoms with Gasteiger partial charge in [0.15, 0.2) is 0 Å². The molecule has 0 spiro atoms. The quantitative estimate of drug-likeness (QED) is 0.723. The predicted octanol–water partition coefficient (Wildman–Crippen LogP) is 1.38. The van der Waals surface area contributed by atoms with E-state index in [1.807, 2.05) is 0 Å². The zero-order valence-corrected chi connectivity index (χ0v) is 10.6. The van der Waals surface area contributed by atoms with E-state index in [9.17, 15) is 4.79 Å². The highest BCUT2D eigenvalue weighted by molar-refractivity contribution is 5.81. The summed E-state index contributed by atoms with van der Waals surface area (Å²) in [6, 6.07) is 0.564. The minimum atomic E-state index is 0.467. The van der Waals surface area contributed by atoms with Crippen molar-refractivity contribution in [2.45, 2.75) is 39.2 Å². The molecule has 92 valence electrons. The fourth-order valence-electron chi connectivity index (χ4n) is 2.93. The fourth-order valence-corrected chi connectivity index (χ4v) is 2.93. The summed E-state index contributed by atoms with van der Waals surface area (Å²) < 4.78 is 0. The molecule has 0 bridgehead atoms. The Morgan fingerprint density at radius 3 is 2.44 bits per heavy atom. The van der Waals surface area contributed by atoms with E-state index in [2.05, 4.69) is 23.6 Å². The second kappa shape index (κ2) is 5.28. The first-order chi connectivity index (χ1) is 7.65. The molecule has 3 heteroatoms. The van der Waals surface area contributed by atoms with Gasteiger partial charge in [-0.05, 0) is 12.3 Å². The topological polar surface area (TPSA) is 23.6 Å². The van der Waals surface area contributed by atoms with Crippen LogP contribution in [0.25, 0.3) is 0 Å². The summed E-state index contributed by atoms with van der Waals surface area (Å²) in [5, 5.41) is 0. The molecule has 1 heterocycles. The van der Waals surface area contributed by atoms with Crippen LogP contribution >= 0.6 is 0 Å². The molecule has 1 atom stereocenters. The first-order valence-electron chi connectivity index (χ1n) is 6.63. The Balaban J connectivity index is 1.74. The lowest BCUT2D eigenvalue weighted by molar-refractivity contribution is -0.117. The van der Waals surface area contributed by atoms with Crippen molar-refractivity contribution in [2.75, 3.05) is 32.7 Å². The lowest BCUT2D eigenvalue weighted by Crippen LogP contribution is -2.50. The van der Waals surface area contributed by atoms with Crippen LogP contribution in [0.2, 0.25) is 0 Å². The third-order valence-electron chi connectivity index (χ3n) is 3.77. The highest BCUT2D eigenvalue weighted by atomic mass is 16.1. The van der Waals surface area contributed by atoms with Gasteiger partial charge in [0, 0.05) is 51.6 Å². The number of carbonyl (C=O) groups excluding carboxylic acids is 1. The van der Waals surface area contributed by atoms with E-state index in [4.69, 9.17) is 0 Å². The van der Waals surface area contributed by atoms with Crippen molar-refractivity contribution in [2.24, 2.45) is 5.92 Å². The molecule has 1 aliphatic carbocycles. The van der Waals surface area contributed by atoms with Crippen LogP contribution in [0.15, 0.2) is 0 Å². The maximum absolute atomic E-state index is 11.3. The molecule has 3 nitrogen and oxygen atoms in total. The minimum Gasteiger partial charge on any atom is -0.301 e. The maximum Gasteiger partial charge on any atom is 0.134 e. The summed E-state index contributed by atoms with van der Waals surface area (Å²) in [5.41, 5.74) is 0. The van der Waals surface area contributed by atoms with Gasteiger partial charge in [0.1, 0.15) is 5.78 Å². The molecule has 0 N–H and O–H groups in total. The zero-order chi connectivity index (χ0) is 11.5. The van der Waals surface area contributed by atoms with E-state index in [0.29, 0.717) is 11.8 Å². The van der Waals surface area contributed by atoms with Crippen molar-refractivity contribution in [1.29, 1.82) is 0 Å². The van der Waals surface area contributed by atoms with Gasteiger partial charge in [-0.2, -0.15) is 0 Å². The molecule has 0 aromatic heterocycles. The average molecular weight is 224 g/mol. The van der Waals surface area contributed by atoms with E-state index in [0.717, 1.165) is 38.3 Å². The minimum absolute atomic E-state index is 0.467. The van der Waals surface area contributed by atoms with E-state index in [-0.39, 0.29) is 0 Å². The van der Waals surface area contributed by atoms with E-state index < -0.39 is 0 Å². The number of rotatable bonds is 3. The first kappa shape index (κ1) is 12.1. The van der Waals surface area contributed by atoms with Crippen LogP contribution in [-0.2, 0) is 4.79 Å². The lowest BCUT2D eigenvalue weighted by atomic mass is 10.1. The normalized spacial score (nSPS) is 29.2. The molecule has 2 fully saturated rings. The molecular formula is C13H24N2O. The molecule has 0 aromatic carbocycles. The zero-order valence-electron chi connectivity index (χ0n) is 10.6. The van der Waals surface area contributed by atoms with Gasteiger partial charge in [-0.3, -0.25) is 9.69 Å². The number of Topliss-reactive ketones (excluding diaryl/α,β-unsaturated/α-hetero) is 1. The Morgan fingerprint density at radius 2 is 1.94 bits per heavy atom. The van der Waals surface area contributed by atoms with Crippen molar-refractivity contribution >= 4 is 5.78 Å². The van der Waals surface area contributed by atoms with Gasteiger partial charge in [-0.15, -0.1) is 0 Å². The van der Waals surface area contributed by atoms with Crippen LogP contribution in [0, 0.1) is 5.92 Å². The molecule has 2 rings (SSSR count). The molecule has 2 aliphatic rings. The summed E-state index contributed by atoms with van der Waals surface area (Å²) in [5.74, 6) is 1.23. The SMILES string of the molecule is CC(C)CN1CCN(C2CCC(=O)C2)CC1. The Hall–Kier alpha value is -0.410. The smallest absolute Gasteiger partial charge is 0.134 e. The summed E-state index contributed by atoms with van der Waals surface area (Å²) in [6.07, 6.45) is 2.73. The average Bonchev–Trinajstić information content (AvgIpc) is 2.65. The molecule has 0 amide bonds. The summed E-state index contributed by atoms with van der Waals surface area (Å²) in [6.45, 7) is 10.5. The Morgan fingerprint density at radius 1 is 1.25 bits per heavy atom. The van der Waals surface area contributed by atoms with E-state index in [1.165, 1.54) is 19.6 Å². The number of nitrogens with zero attached hydrogens (tertiary/aromatic N) is 2. The summed E-state index contributed by atoms with van der Waals surface area (Å²) in [4.78, 5) is 16.4. The molecule has 1 saturated carbocycles. The van der Waals surface area contributed by atoms with E-state index >= 15 is 0 Å². The monoisotopic (exact) mass is 224 g/mol. The summed E-state index contributed by atoms with van der Waals surface area (Å²) >= 11 is 0. The van der Waals surface area contributed by atoms with Crippen LogP contribution in [0.1, 0.15) is 33.1 Å². The largest absolute Gasteiger partial charge is 0.301 e. The van der Waals surface area contributed by atoms with Gasteiger partial charge in [0.2, 0.25) is 0 Å². The molecule has 0 aromatic rings. The standard InChI is InChI=1S/C13H24N2O/c1-11(2)10-14-5-7-15(8-6-14)12-3-4-13(16)9-12/h11-12H,3-10H2,1-2H3. The number of piperazine rings is 1. The van der Waals surface area contributed by atoms with Crippen molar-refractivity contribution in [3.8, 4) is 0 Å². The van der Waals surface area contributed by atoms with Gasteiger partial charge in [-0.25, -0.2) is 0 Å². The van der Waals surface area contributed by atoms with Crippen LogP contribution in [0.4, 0.5) is 0 Å². The van der Waals surface area contributed by atoms with Crippen molar-refractivity contribution in [1.82, 2.24) is 9.80 Å². The highest BCUT2D eigenvalue weighted by Crippen LogP contribution is 2.22. The van der Waals surface area contributed by atoms with Crippen molar-refractivity contribution in [3.05, 3.63) is 0 Å². The third-order valence-corrected chi connectivity index (χ3v) is 3.77. The highest BCUT2D eigenvalue weighted by Gasteiger charge is 2.29. The Kier molecular flexibility index (Phi) is 3.98. The molecule has 0 radical (unpaired) electrons. The fraction of sp³-hybridized carbons (Fsp3) is 0.923. The van der Waals surface area contributed by atoms with Crippen molar-refractivity contribution < 1.29 is 4.79 Å². The van der Waals surface area contributed by atoms with Gasteiger partial charge >= 0.3 is 0 Å². The number of carbonyl (C=O) groups is 1. The van der Waals surface area contributed by atoms with Crippen LogP contribution < -0.4 is 0 Å². The molecule has 16 heavy (non-hydrogen) atoms. The molecule has 1 saturated heterocycles.